The van der Waals surface area contributed by atoms with Gasteiger partial charge in [0.05, 0.1) is 54.3 Å². The van der Waals surface area contributed by atoms with Crippen molar-refractivity contribution in [3.8, 4) is 29.0 Å². The largest absolute Gasteiger partial charge is 0.489 e. The number of nitrogens with zero attached hydrogens (tertiary/aromatic N) is 4. The number of alkyl halides is 2. The molecule has 7 rings (SSSR count). The van der Waals surface area contributed by atoms with Gasteiger partial charge in [0, 0.05) is 37.3 Å². The lowest BCUT2D eigenvalue weighted by Gasteiger charge is -2.27. The van der Waals surface area contributed by atoms with Crippen LogP contribution in [0.5, 0.6) is 11.6 Å². The van der Waals surface area contributed by atoms with E-state index in [9.17, 15) is 15.2 Å². The van der Waals surface area contributed by atoms with Gasteiger partial charge in [-0.1, -0.05) is 24.3 Å². The summed E-state index contributed by atoms with van der Waals surface area (Å²) in [5.41, 5.74) is 3.85. The van der Waals surface area contributed by atoms with E-state index in [1.807, 2.05) is 34.9 Å². The summed E-state index contributed by atoms with van der Waals surface area (Å²) in [7, 11) is 1.55. The molecular formula is C38H34F2N4O7. The fourth-order valence-electron chi connectivity index (χ4n) is 6.23. The lowest BCUT2D eigenvalue weighted by molar-refractivity contribution is -0.0883. The van der Waals surface area contributed by atoms with Crippen LogP contribution in [0.15, 0.2) is 66.7 Å². The number of carbonyl (C=O) groups is 1. The summed E-state index contributed by atoms with van der Waals surface area (Å²) >= 11 is 0. The zero-order chi connectivity index (χ0) is 35.5. The molecule has 0 spiro atoms. The maximum absolute atomic E-state index is 15.8. The molecule has 0 aliphatic carbocycles. The maximum Gasteiger partial charge on any atom is 0.335 e. The Kier molecular flexibility index (Phi) is 9.64. The lowest BCUT2D eigenvalue weighted by Crippen LogP contribution is -2.31. The van der Waals surface area contributed by atoms with Crippen molar-refractivity contribution in [3.63, 3.8) is 0 Å². The van der Waals surface area contributed by atoms with Gasteiger partial charge in [-0.05, 0) is 59.5 Å². The Morgan fingerprint density at radius 2 is 1.94 bits per heavy atom. The second-order valence-electron chi connectivity index (χ2n) is 12.4. The molecule has 4 bridgehead atoms. The van der Waals surface area contributed by atoms with Gasteiger partial charge < -0.3 is 33.4 Å². The number of carboxylic acids is 1. The number of hydrogen-bond donors (Lipinski definition) is 1. The number of aromatic nitrogens is 3. The molecule has 2 aromatic heterocycles. The third kappa shape index (κ3) is 7.25. The molecule has 11 nitrogen and oxygen atoms in total. The molecule has 1 N–H and O–H groups in total. The van der Waals surface area contributed by atoms with Crippen molar-refractivity contribution < 1.29 is 42.4 Å². The van der Waals surface area contributed by atoms with Crippen LogP contribution in [-0.2, 0) is 46.3 Å². The standard InChI is InChI=1S/C38H34F2N4O7/c1-47-11-12-50-33-16-27(37(45)46)15-32-36(33)43-34(44(32)19-29-9-10-49-29)17-24-7-8-25-14-28(24)20-48-22-38(39,40)30-13-23(18-41)5-6-26(30)21-51-35-4-2-3-31(25)42-35/h2-8,13-16,29H,9-12,17,19-22H2,1H3,(H,45,46). The lowest BCUT2D eigenvalue weighted by atomic mass is 9.98. The van der Waals surface area contributed by atoms with Crippen LogP contribution >= 0.6 is 0 Å². The van der Waals surface area contributed by atoms with E-state index in [0.29, 0.717) is 53.6 Å². The molecular weight excluding hydrogens is 662 g/mol. The van der Waals surface area contributed by atoms with Crippen LogP contribution in [0.25, 0.3) is 22.3 Å². The van der Waals surface area contributed by atoms with Crippen LogP contribution in [0, 0.1) is 11.3 Å². The van der Waals surface area contributed by atoms with E-state index in [-0.39, 0.29) is 60.5 Å². The minimum absolute atomic E-state index is 0.0480. The van der Waals surface area contributed by atoms with Crippen LogP contribution < -0.4 is 9.47 Å². The van der Waals surface area contributed by atoms with E-state index >= 15 is 8.78 Å². The second-order valence-corrected chi connectivity index (χ2v) is 12.4. The maximum atomic E-state index is 15.8. The third-order valence-corrected chi connectivity index (χ3v) is 8.99. The molecule has 0 radical (unpaired) electrons. The number of fused-ring (bicyclic) bond motifs is 7. The Labute approximate surface area is 291 Å². The summed E-state index contributed by atoms with van der Waals surface area (Å²) in [5.74, 6) is -3.35. The van der Waals surface area contributed by atoms with Crippen molar-refractivity contribution in [3.05, 3.63) is 106 Å². The highest BCUT2D eigenvalue weighted by Crippen LogP contribution is 2.35. The number of halogens is 2. The molecule has 4 heterocycles. The first-order valence-electron chi connectivity index (χ1n) is 16.4. The Hall–Kier alpha value is -5.42. The number of aromatic carboxylic acids is 1. The number of carboxylic acid groups (broad SMARTS) is 1. The highest BCUT2D eigenvalue weighted by atomic mass is 19.3. The minimum Gasteiger partial charge on any atom is -0.489 e. The molecule has 1 saturated heterocycles. The van der Waals surface area contributed by atoms with Crippen LogP contribution in [-0.4, -0.2) is 65.3 Å². The van der Waals surface area contributed by atoms with Crippen molar-refractivity contribution in [1.82, 2.24) is 14.5 Å². The van der Waals surface area contributed by atoms with Crippen molar-refractivity contribution >= 4 is 17.0 Å². The van der Waals surface area contributed by atoms with Crippen LogP contribution in [0.1, 0.15) is 50.4 Å². The summed E-state index contributed by atoms with van der Waals surface area (Å²) in [6.07, 6.45) is 1.02. The molecule has 5 aromatic rings. The van der Waals surface area contributed by atoms with E-state index in [1.54, 1.807) is 25.3 Å². The monoisotopic (exact) mass is 696 g/mol. The third-order valence-electron chi connectivity index (χ3n) is 8.99. The second kappa shape index (κ2) is 14.4. The van der Waals surface area contributed by atoms with E-state index in [4.69, 9.17) is 28.7 Å². The average Bonchev–Trinajstić information content (AvgIpc) is 3.45. The van der Waals surface area contributed by atoms with E-state index in [1.165, 1.54) is 24.3 Å². The summed E-state index contributed by atoms with van der Waals surface area (Å²) in [6.45, 7) is 0.308. The normalized spacial score (nSPS) is 16.6. The molecule has 3 aromatic carbocycles. The van der Waals surface area contributed by atoms with Gasteiger partial charge in [0.1, 0.15) is 36.9 Å². The molecule has 2 aliphatic rings. The van der Waals surface area contributed by atoms with Crippen LogP contribution in [0.4, 0.5) is 8.78 Å². The molecule has 51 heavy (non-hydrogen) atoms. The van der Waals surface area contributed by atoms with Gasteiger partial charge in [0.15, 0.2) is 0 Å². The minimum atomic E-state index is -3.43. The van der Waals surface area contributed by atoms with Gasteiger partial charge in [-0.3, -0.25) is 0 Å². The summed E-state index contributed by atoms with van der Waals surface area (Å²) in [6, 6.07) is 20.0. The van der Waals surface area contributed by atoms with Crippen LogP contribution in [0.2, 0.25) is 0 Å². The van der Waals surface area contributed by atoms with Gasteiger partial charge in [-0.25, -0.2) is 14.8 Å². The summed E-state index contributed by atoms with van der Waals surface area (Å²) < 4.78 is 62.0. The smallest absolute Gasteiger partial charge is 0.335 e. The van der Waals surface area contributed by atoms with Gasteiger partial charge >= 0.3 is 5.97 Å². The molecule has 1 atom stereocenters. The van der Waals surface area contributed by atoms with Gasteiger partial charge in [-0.2, -0.15) is 14.0 Å². The van der Waals surface area contributed by atoms with Gasteiger partial charge in [0.2, 0.25) is 5.88 Å². The van der Waals surface area contributed by atoms with E-state index < -0.39 is 18.5 Å². The first-order valence-corrected chi connectivity index (χ1v) is 16.4. The van der Waals surface area contributed by atoms with Crippen molar-refractivity contribution in [2.45, 2.75) is 44.6 Å². The first kappa shape index (κ1) is 34.0. The number of methoxy groups -OCH3 is 1. The predicted molar refractivity (Wildman–Crippen MR) is 180 cm³/mol. The highest BCUT2D eigenvalue weighted by Gasteiger charge is 2.35. The Bertz CT molecular complexity index is 2140. The molecule has 262 valence electrons. The zero-order valence-electron chi connectivity index (χ0n) is 27.7. The summed E-state index contributed by atoms with van der Waals surface area (Å²) in [4.78, 5) is 21.7. The fourth-order valence-corrected chi connectivity index (χ4v) is 6.23. The average molecular weight is 697 g/mol. The topological polar surface area (TPSA) is 138 Å². The Balaban J connectivity index is 1.30. The molecule has 1 unspecified atom stereocenters. The number of ether oxygens (including phenoxy) is 5. The van der Waals surface area contributed by atoms with E-state index in [0.717, 1.165) is 17.5 Å². The molecule has 2 aliphatic heterocycles. The quantitative estimate of drug-likeness (QED) is 0.176. The van der Waals surface area contributed by atoms with Crippen molar-refractivity contribution in [1.29, 1.82) is 5.26 Å². The number of benzene rings is 3. The predicted octanol–water partition coefficient (Wildman–Crippen LogP) is 6.27. The highest BCUT2D eigenvalue weighted by molar-refractivity contribution is 5.95. The number of rotatable bonds is 9. The van der Waals surface area contributed by atoms with Crippen molar-refractivity contribution in [2.75, 3.05) is 33.5 Å². The zero-order valence-corrected chi connectivity index (χ0v) is 27.7. The number of pyridine rings is 1. The molecule has 0 saturated carbocycles. The summed E-state index contributed by atoms with van der Waals surface area (Å²) in [5, 5.41) is 19.3. The van der Waals surface area contributed by atoms with Gasteiger partial charge in [-0.15, -0.1) is 0 Å². The fraction of sp³-hybridized carbons (Fsp3) is 0.316. The molecule has 13 heteroatoms. The molecule has 0 amide bonds. The van der Waals surface area contributed by atoms with Gasteiger partial charge in [0.25, 0.3) is 5.92 Å². The number of hydrogen-bond acceptors (Lipinski definition) is 9. The van der Waals surface area contributed by atoms with E-state index in [2.05, 4.69) is 4.98 Å². The number of imidazole rings is 1. The Morgan fingerprint density at radius 3 is 2.71 bits per heavy atom. The first-order chi connectivity index (χ1) is 24.7. The van der Waals surface area contributed by atoms with Crippen molar-refractivity contribution in [2.24, 2.45) is 0 Å². The SMILES string of the molecule is COCCOc1cc(C(=O)O)cc2c1nc(Cc1ccc3cc1COCC(F)(F)c1cc(C#N)ccc1COc1cccc-3n1)n2CC1CCO1. The Morgan fingerprint density at radius 1 is 1.08 bits per heavy atom. The van der Waals surface area contributed by atoms with Crippen LogP contribution in [0.3, 0.4) is 0 Å². The molecule has 1 fully saturated rings. The number of nitriles is 1.